The highest BCUT2D eigenvalue weighted by molar-refractivity contribution is 5.69. The molecule has 1 saturated carbocycles. The summed E-state index contributed by atoms with van der Waals surface area (Å²) in [4.78, 5) is 27.7. The molecule has 0 N–H and O–H groups in total. The van der Waals surface area contributed by atoms with E-state index >= 15 is 0 Å². The van der Waals surface area contributed by atoms with E-state index in [2.05, 4.69) is 42.2 Å². The van der Waals surface area contributed by atoms with Crippen molar-refractivity contribution < 1.29 is 19.1 Å². The number of unbranched alkanes of at least 4 members (excludes halogenated alkanes) is 24. The molecular weight excluding hydrogens is 709 g/mol. The first-order chi connectivity index (χ1) is 28.0. The number of aromatic nitrogens is 3. The number of carbonyl (C=O) groups excluding carboxylic acids is 2. The van der Waals surface area contributed by atoms with Gasteiger partial charge in [-0.1, -0.05) is 167 Å². The van der Waals surface area contributed by atoms with Crippen molar-refractivity contribution in [3.63, 3.8) is 0 Å². The summed E-state index contributed by atoms with van der Waals surface area (Å²) >= 11 is 0. The smallest absolute Gasteiger partial charge is 0.306 e. The molecule has 1 aromatic rings. The lowest BCUT2D eigenvalue weighted by molar-refractivity contribution is -0.150. The van der Waals surface area contributed by atoms with Gasteiger partial charge >= 0.3 is 11.9 Å². The predicted octanol–water partition coefficient (Wildman–Crippen LogP) is 13.8. The maximum absolute atomic E-state index is 12.9. The highest BCUT2D eigenvalue weighted by Crippen LogP contribution is 2.38. The van der Waals surface area contributed by atoms with Gasteiger partial charge in [-0.15, -0.1) is 5.10 Å². The molecule has 0 unspecified atom stereocenters. The van der Waals surface area contributed by atoms with Crippen molar-refractivity contribution in [2.75, 3.05) is 26.2 Å². The number of ether oxygens (including phenoxy) is 2. The second-order valence-electron chi connectivity index (χ2n) is 17.6. The summed E-state index contributed by atoms with van der Waals surface area (Å²) in [5.74, 6) is 0.622. The number of esters is 2. The van der Waals surface area contributed by atoms with Crippen molar-refractivity contribution in [3.05, 3.63) is 11.9 Å². The first-order valence-corrected chi connectivity index (χ1v) is 25.0. The van der Waals surface area contributed by atoms with Gasteiger partial charge in [-0.2, -0.15) is 0 Å². The topological polar surface area (TPSA) is 86.5 Å². The van der Waals surface area contributed by atoms with E-state index in [1.165, 1.54) is 154 Å². The Hall–Kier alpha value is -1.96. The summed E-state index contributed by atoms with van der Waals surface area (Å²) in [6.07, 6.45) is 43.4. The number of hydrogen-bond acceptors (Lipinski definition) is 7. The van der Waals surface area contributed by atoms with Crippen LogP contribution in [-0.4, -0.2) is 64.2 Å². The van der Waals surface area contributed by atoms with Crippen LogP contribution in [0.4, 0.5) is 0 Å². The van der Waals surface area contributed by atoms with Gasteiger partial charge in [-0.05, 0) is 83.7 Å². The van der Waals surface area contributed by atoms with Gasteiger partial charge in [0.25, 0.3) is 0 Å². The molecule has 2 rings (SSSR count). The van der Waals surface area contributed by atoms with Crippen LogP contribution in [0, 0.1) is 0 Å². The molecule has 0 aromatic carbocycles. The van der Waals surface area contributed by atoms with E-state index in [0.29, 0.717) is 25.4 Å². The molecular formula is C49H92N4O4. The molecule has 0 aliphatic heterocycles. The summed E-state index contributed by atoms with van der Waals surface area (Å²) in [6.45, 7) is 11.3. The highest BCUT2D eigenvalue weighted by atomic mass is 16.5. The molecule has 1 heterocycles. The van der Waals surface area contributed by atoms with Gasteiger partial charge in [-0.3, -0.25) is 14.3 Å². The normalized spacial score (nSPS) is 12.9. The van der Waals surface area contributed by atoms with E-state index in [1.54, 1.807) is 0 Å². The van der Waals surface area contributed by atoms with Crippen molar-refractivity contribution >= 4 is 11.9 Å². The molecule has 0 bridgehead atoms. The average Bonchev–Trinajstić information content (AvgIpc) is 3.96. The molecule has 1 aromatic heterocycles. The standard InChI is InChI=1S/C49H92N4O4/c1-4-7-10-13-16-17-18-24-32-43-56-48(54)35-29-25-31-40-52(41-42-53-44-47(50-51-53)45-37-38-45)39-30-23-19-22-28-36-49(55)57-46(33-26-20-14-11-8-5-2)34-27-21-15-12-9-6-3/h44-46H,4-43H2,1-3H3. The highest BCUT2D eigenvalue weighted by Gasteiger charge is 2.26. The molecule has 8 heteroatoms. The van der Waals surface area contributed by atoms with Gasteiger partial charge in [-0.25, -0.2) is 0 Å². The Balaban J connectivity index is 1.61. The fourth-order valence-electron chi connectivity index (χ4n) is 7.97. The van der Waals surface area contributed by atoms with Crippen molar-refractivity contribution in [1.29, 1.82) is 0 Å². The Morgan fingerprint density at radius 2 is 1.05 bits per heavy atom. The zero-order chi connectivity index (χ0) is 40.9. The van der Waals surface area contributed by atoms with Crippen molar-refractivity contribution in [2.24, 2.45) is 0 Å². The van der Waals surface area contributed by atoms with E-state index < -0.39 is 0 Å². The van der Waals surface area contributed by atoms with Gasteiger partial charge in [0.1, 0.15) is 6.10 Å². The van der Waals surface area contributed by atoms with Crippen LogP contribution in [0.5, 0.6) is 0 Å². The molecule has 0 amide bonds. The van der Waals surface area contributed by atoms with Crippen LogP contribution in [0.15, 0.2) is 6.20 Å². The average molecular weight is 801 g/mol. The van der Waals surface area contributed by atoms with E-state index in [4.69, 9.17) is 9.47 Å². The van der Waals surface area contributed by atoms with Crippen LogP contribution in [0.25, 0.3) is 0 Å². The Bertz CT molecular complexity index is 1040. The van der Waals surface area contributed by atoms with Crippen LogP contribution in [0.1, 0.15) is 257 Å². The minimum atomic E-state index is -0.0292. The van der Waals surface area contributed by atoms with Crippen molar-refractivity contribution in [1.82, 2.24) is 19.9 Å². The molecule has 8 nitrogen and oxygen atoms in total. The summed E-state index contributed by atoms with van der Waals surface area (Å²) < 4.78 is 13.6. The van der Waals surface area contributed by atoms with Crippen LogP contribution in [0.2, 0.25) is 0 Å². The largest absolute Gasteiger partial charge is 0.466 e. The van der Waals surface area contributed by atoms with E-state index in [0.717, 1.165) is 89.7 Å². The van der Waals surface area contributed by atoms with E-state index in [9.17, 15) is 9.59 Å². The van der Waals surface area contributed by atoms with Crippen molar-refractivity contribution in [3.8, 4) is 0 Å². The Kier molecular flexibility index (Phi) is 33.3. The molecule has 332 valence electrons. The molecule has 1 aliphatic carbocycles. The molecule has 1 fully saturated rings. The predicted molar refractivity (Wildman–Crippen MR) is 239 cm³/mol. The van der Waals surface area contributed by atoms with E-state index in [-0.39, 0.29) is 18.0 Å². The SMILES string of the molecule is CCCCCCCCCCCOC(=O)CCCCCN(CCCCCCCC(=O)OC(CCCCCCCC)CCCCCCCC)CCn1cc(C2CC2)nn1. The fourth-order valence-corrected chi connectivity index (χ4v) is 7.97. The lowest BCUT2D eigenvalue weighted by atomic mass is 10.0. The van der Waals surface area contributed by atoms with Gasteiger partial charge < -0.3 is 14.4 Å². The Morgan fingerprint density at radius 1 is 0.596 bits per heavy atom. The van der Waals surface area contributed by atoms with Crippen LogP contribution < -0.4 is 0 Å². The van der Waals surface area contributed by atoms with Crippen LogP contribution in [-0.2, 0) is 25.6 Å². The summed E-state index contributed by atoms with van der Waals surface area (Å²) in [6, 6.07) is 0. The minimum Gasteiger partial charge on any atom is -0.466 e. The number of carbonyl (C=O) groups is 2. The second-order valence-corrected chi connectivity index (χ2v) is 17.6. The molecule has 1 aliphatic rings. The van der Waals surface area contributed by atoms with Gasteiger partial charge in [0.2, 0.25) is 0 Å². The Labute approximate surface area is 352 Å². The zero-order valence-corrected chi connectivity index (χ0v) is 37.9. The molecule has 0 spiro atoms. The molecule has 0 saturated heterocycles. The van der Waals surface area contributed by atoms with E-state index in [1.807, 2.05) is 4.68 Å². The molecule has 0 atom stereocenters. The van der Waals surface area contributed by atoms with Gasteiger partial charge in [0.05, 0.1) is 18.8 Å². The van der Waals surface area contributed by atoms with Crippen LogP contribution in [0.3, 0.4) is 0 Å². The summed E-state index contributed by atoms with van der Waals surface area (Å²) in [5.41, 5.74) is 1.15. The first kappa shape index (κ1) is 51.2. The lowest BCUT2D eigenvalue weighted by Gasteiger charge is -2.22. The number of nitrogens with zero attached hydrogens (tertiary/aromatic N) is 4. The maximum atomic E-state index is 12.9. The summed E-state index contributed by atoms with van der Waals surface area (Å²) in [7, 11) is 0. The lowest BCUT2D eigenvalue weighted by Crippen LogP contribution is -2.30. The molecule has 57 heavy (non-hydrogen) atoms. The quantitative estimate of drug-likeness (QED) is 0.0480. The maximum Gasteiger partial charge on any atom is 0.306 e. The third-order valence-electron chi connectivity index (χ3n) is 12.0. The Morgan fingerprint density at radius 3 is 1.60 bits per heavy atom. The van der Waals surface area contributed by atoms with Crippen molar-refractivity contribution in [2.45, 2.75) is 264 Å². The first-order valence-electron chi connectivity index (χ1n) is 25.0. The van der Waals surface area contributed by atoms with Gasteiger partial charge in [0, 0.05) is 31.5 Å². The minimum absolute atomic E-state index is 0.0214. The fraction of sp³-hybridized carbons (Fsp3) is 0.918. The number of hydrogen-bond donors (Lipinski definition) is 0. The summed E-state index contributed by atoms with van der Waals surface area (Å²) in [5, 5.41) is 8.82. The van der Waals surface area contributed by atoms with Gasteiger partial charge in [0.15, 0.2) is 0 Å². The van der Waals surface area contributed by atoms with Crippen LogP contribution >= 0.6 is 0 Å². The zero-order valence-electron chi connectivity index (χ0n) is 37.9. The second kappa shape index (κ2) is 37.1. The third-order valence-corrected chi connectivity index (χ3v) is 12.0. The molecule has 0 radical (unpaired) electrons. The number of rotatable bonds is 43. The monoisotopic (exact) mass is 801 g/mol. The third kappa shape index (κ3) is 30.7.